The number of nitrogens with one attached hydrogen (secondary N) is 1. The topological polar surface area (TPSA) is 32.3 Å². The van der Waals surface area contributed by atoms with Crippen LogP contribution in [0.3, 0.4) is 0 Å². The van der Waals surface area contributed by atoms with E-state index in [1.165, 1.54) is 0 Å². The number of aliphatic hydroxyl groups excluding tert-OH is 1. The molecular formula is C15H20F3NO. The summed E-state index contributed by atoms with van der Waals surface area (Å²) in [6.07, 6.45) is -3.10. The minimum atomic E-state index is -4.11. The molecule has 112 valence electrons. The number of aliphatic hydroxyl groups is 1. The van der Waals surface area contributed by atoms with Crippen LogP contribution in [-0.4, -0.2) is 17.3 Å². The summed E-state index contributed by atoms with van der Waals surface area (Å²) in [6.45, 7) is 1.65. The number of para-hydroxylation sites is 1. The Morgan fingerprint density at radius 1 is 1.25 bits per heavy atom. The van der Waals surface area contributed by atoms with Gasteiger partial charge in [0.05, 0.1) is 12.0 Å². The minimum Gasteiger partial charge on any atom is -0.389 e. The predicted molar refractivity (Wildman–Crippen MR) is 72.5 cm³/mol. The van der Waals surface area contributed by atoms with Crippen LogP contribution < -0.4 is 5.32 Å². The van der Waals surface area contributed by atoms with E-state index < -0.39 is 18.2 Å². The number of hydrogen-bond donors (Lipinski definition) is 2. The van der Waals surface area contributed by atoms with Gasteiger partial charge in [0, 0.05) is 17.3 Å². The monoisotopic (exact) mass is 287 g/mol. The molecule has 1 aromatic rings. The zero-order valence-electron chi connectivity index (χ0n) is 11.5. The Hall–Kier alpha value is -1.23. The lowest BCUT2D eigenvalue weighted by Gasteiger charge is -2.32. The summed E-state index contributed by atoms with van der Waals surface area (Å²) in [5, 5.41) is 12.9. The summed E-state index contributed by atoms with van der Waals surface area (Å²) in [5.74, 6) is -1.22. The molecule has 0 saturated heterocycles. The van der Waals surface area contributed by atoms with Crippen molar-refractivity contribution in [1.82, 2.24) is 0 Å². The molecule has 1 saturated carbocycles. The van der Waals surface area contributed by atoms with E-state index in [1.807, 2.05) is 12.1 Å². The van der Waals surface area contributed by atoms with Crippen LogP contribution >= 0.6 is 0 Å². The maximum atomic E-state index is 12.8. The van der Waals surface area contributed by atoms with Crippen molar-refractivity contribution < 1.29 is 18.3 Å². The SMILES string of the molecule is CC(O)c1ccccc1NC1CCCC(C(F)(F)F)C1. The molecule has 3 atom stereocenters. The summed E-state index contributed by atoms with van der Waals surface area (Å²) in [4.78, 5) is 0. The zero-order chi connectivity index (χ0) is 14.8. The van der Waals surface area contributed by atoms with Crippen LogP contribution in [0.5, 0.6) is 0 Å². The van der Waals surface area contributed by atoms with Gasteiger partial charge in [-0.15, -0.1) is 0 Å². The predicted octanol–water partition coefficient (Wildman–Crippen LogP) is 4.27. The van der Waals surface area contributed by atoms with Gasteiger partial charge in [0.2, 0.25) is 0 Å². The molecule has 0 aromatic heterocycles. The van der Waals surface area contributed by atoms with Gasteiger partial charge < -0.3 is 10.4 Å². The molecule has 0 amide bonds. The molecule has 5 heteroatoms. The van der Waals surface area contributed by atoms with Crippen molar-refractivity contribution in [3.05, 3.63) is 29.8 Å². The van der Waals surface area contributed by atoms with E-state index in [2.05, 4.69) is 5.32 Å². The van der Waals surface area contributed by atoms with Crippen molar-refractivity contribution in [3.63, 3.8) is 0 Å². The Balaban J connectivity index is 2.07. The standard InChI is InChI=1S/C15H20F3NO/c1-10(20)13-7-2-3-8-14(13)19-12-6-4-5-11(9-12)15(16,17)18/h2-3,7-8,10-12,19-20H,4-6,9H2,1H3. The Bertz CT molecular complexity index is 445. The van der Waals surface area contributed by atoms with Crippen molar-refractivity contribution in [3.8, 4) is 0 Å². The van der Waals surface area contributed by atoms with Crippen molar-refractivity contribution in [1.29, 1.82) is 0 Å². The molecule has 2 N–H and O–H groups in total. The first kappa shape index (κ1) is 15.2. The van der Waals surface area contributed by atoms with Crippen molar-refractivity contribution in [2.75, 3.05) is 5.32 Å². The van der Waals surface area contributed by atoms with Crippen LogP contribution in [0, 0.1) is 5.92 Å². The van der Waals surface area contributed by atoms with Crippen LogP contribution in [0.1, 0.15) is 44.3 Å². The number of alkyl halides is 3. The normalized spacial score (nSPS) is 25.2. The highest BCUT2D eigenvalue weighted by Crippen LogP contribution is 2.38. The van der Waals surface area contributed by atoms with Gasteiger partial charge in [-0.05, 0) is 32.3 Å². The summed E-state index contributed by atoms with van der Waals surface area (Å²) in [6, 6.07) is 7.04. The smallest absolute Gasteiger partial charge is 0.389 e. The highest BCUT2D eigenvalue weighted by Gasteiger charge is 2.42. The van der Waals surface area contributed by atoms with E-state index in [4.69, 9.17) is 0 Å². The summed E-state index contributed by atoms with van der Waals surface area (Å²) < 4.78 is 38.4. The second-order valence-corrected chi connectivity index (χ2v) is 5.51. The highest BCUT2D eigenvalue weighted by atomic mass is 19.4. The first-order chi connectivity index (χ1) is 9.38. The Morgan fingerprint density at radius 3 is 2.60 bits per heavy atom. The van der Waals surface area contributed by atoms with Crippen LogP contribution in [-0.2, 0) is 0 Å². The van der Waals surface area contributed by atoms with Gasteiger partial charge in [-0.1, -0.05) is 24.6 Å². The van der Waals surface area contributed by atoms with Crippen molar-refractivity contribution in [2.45, 2.75) is 50.9 Å². The minimum absolute atomic E-state index is 0.109. The number of anilines is 1. The molecule has 3 unspecified atom stereocenters. The molecule has 1 aliphatic rings. The lowest BCUT2D eigenvalue weighted by atomic mass is 9.85. The lowest BCUT2D eigenvalue weighted by Crippen LogP contribution is -2.34. The van der Waals surface area contributed by atoms with E-state index in [0.29, 0.717) is 6.42 Å². The molecule has 1 aliphatic carbocycles. The third kappa shape index (κ3) is 3.66. The molecule has 0 aliphatic heterocycles. The number of hydrogen-bond acceptors (Lipinski definition) is 2. The zero-order valence-corrected chi connectivity index (χ0v) is 11.5. The van der Waals surface area contributed by atoms with E-state index in [0.717, 1.165) is 17.7 Å². The largest absolute Gasteiger partial charge is 0.391 e. The molecule has 1 aromatic carbocycles. The summed E-state index contributed by atoms with van der Waals surface area (Å²) >= 11 is 0. The molecule has 0 bridgehead atoms. The molecular weight excluding hydrogens is 267 g/mol. The van der Waals surface area contributed by atoms with E-state index >= 15 is 0 Å². The Labute approximate surface area is 117 Å². The van der Waals surface area contributed by atoms with Gasteiger partial charge in [0.1, 0.15) is 0 Å². The fourth-order valence-electron chi connectivity index (χ4n) is 2.83. The van der Waals surface area contributed by atoms with Crippen molar-refractivity contribution in [2.24, 2.45) is 5.92 Å². The summed E-state index contributed by atoms with van der Waals surface area (Å²) in [7, 11) is 0. The van der Waals surface area contributed by atoms with Gasteiger partial charge >= 0.3 is 6.18 Å². The molecule has 2 rings (SSSR count). The third-order valence-electron chi connectivity index (χ3n) is 3.91. The molecule has 1 fully saturated rings. The number of rotatable bonds is 3. The quantitative estimate of drug-likeness (QED) is 0.870. The Kier molecular flexibility index (Phi) is 4.58. The average molecular weight is 287 g/mol. The second-order valence-electron chi connectivity index (χ2n) is 5.51. The van der Waals surface area contributed by atoms with Crippen LogP contribution in [0.25, 0.3) is 0 Å². The van der Waals surface area contributed by atoms with Gasteiger partial charge in [-0.2, -0.15) is 13.2 Å². The third-order valence-corrected chi connectivity index (χ3v) is 3.91. The molecule has 2 nitrogen and oxygen atoms in total. The Morgan fingerprint density at radius 2 is 1.95 bits per heavy atom. The molecule has 0 heterocycles. The first-order valence-electron chi connectivity index (χ1n) is 6.98. The maximum absolute atomic E-state index is 12.8. The number of halogens is 3. The van der Waals surface area contributed by atoms with E-state index in [-0.39, 0.29) is 18.9 Å². The second kappa shape index (κ2) is 6.04. The summed E-state index contributed by atoms with van der Waals surface area (Å²) in [5.41, 5.74) is 1.46. The molecule has 0 spiro atoms. The molecule has 0 radical (unpaired) electrons. The highest BCUT2D eigenvalue weighted by molar-refractivity contribution is 5.52. The van der Waals surface area contributed by atoms with Gasteiger partial charge in [-0.3, -0.25) is 0 Å². The van der Waals surface area contributed by atoms with Crippen LogP contribution in [0.15, 0.2) is 24.3 Å². The average Bonchev–Trinajstić information content (AvgIpc) is 2.38. The van der Waals surface area contributed by atoms with Crippen LogP contribution in [0.4, 0.5) is 18.9 Å². The lowest BCUT2D eigenvalue weighted by molar-refractivity contribution is -0.182. The van der Waals surface area contributed by atoms with Crippen molar-refractivity contribution >= 4 is 5.69 Å². The van der Waals surface area contributed by atoms with E-state index in [1.54, 1.807) is 19.1 Å². The molecule has 20 heavy (non-hydrogen) atoms. The first-order valence-corrected chi connectivity index (χ1v) is 6.98. The fraction of sp³-hybridized carbons (Fsp3) is 0.600. The van der Waals surface area contributed by atoms with Gasteiger partial charge in [0.15, 0.2) is 0 Å². The van der Waals surface area contributed by atoms with Gasteiger partial charge in [-0.25, -0.2) is 0 Å². The fourth-order valence-corrected chi connectivity index (χ4v) is 2.83. The number of benzene rings is 1. The van der Waals surface area contributed by atoms with Gasteiger partial charge in [0.25, 0.3) is 0 Å². The maximum Gasteiger partial charge on any atom is 0.391 e. The van der Waals surface area contributed by atoms with Crippen LogP contribution in [0.2, 0.25) is 0 Å². The van der Waals surface area contributed by atoms with E-state index in [9.17, 15) is 18.3 Å².